The molecule has 1 aliphatic rings. The van der Waals surface area contributed by atoms with Gasteiger partial charge in [-0.05, 0) is 41.3 Å². The lowest BCUT2D eigenvalue weighted by Gasteiger charge is -2.18. The van der Waals surface area contributed by atoms with Gasteiger partial charge in [-0.3, -0.25) is 9.59 Å². The minimum atomic E-state index is -0.333. The van der Waals surface area contributed by atoms with Crippen LogP contribution in [0.4, 0.5) is 5.69 Å². The van der Waals surface area contributed by atoms with Crippen molar-refractivity contribution < 1.29 is 14.3 Å². The number of carbonyl (C=O) groups is 2. The standard InChI is InChI=1S/C24H22N2O3/c1-29-22-12-11-19(17-7-3-2-4-8-17)15-20(22)24(28)25-16-23(27)26-14-13-18-9-5-6-10-21(18)26/h2-12,15H,13-14,16H2,1H3,(H,25,28). The first-order chi connectivity index (χ1) is 14.2. The molecule has 5 nitrogen and oxygen atoms in total. The fourth-order valence-electron chi connectivity index (χ4n) is 3.64. The smallest absolute Gasteiger partial charge is 0.255 e. The first-order valence-electron chi connectivity index (χ1n) is 9.57. The van der Waals surface area contributed by atoms with E-state index in [2.05, 4.69) is 5.32 Å². The van der Waals surface area contributed by atoms with Crippen molar-refractivity contribution in [2.24, 2.45) is 0 Å². The molecule has 0 aromatic heterocycles. The maximum atomic E-state index is 12.8. The number of methoxy groups -OCH3 is 1. The molecule has 29 heavy (non-hydrogen) atoms. The van der Waals surface area contributed by atoms with E-state index in [1.165, 1.54) is 7.11 Å². The van der Waals surface area contributed by atoms with Crippen molar-refractivity contribution >= 4 is 17.5 Å². The molecule has 0 atom stereocenters. The van der Waals surface area contributed by atoms with Crippen molar-refractivity contribution in [1.29, 1.82) is 0 Å². The van der Waals surface area contributed by atoms with Crippen LogP contribution in [0.1, 0.15) is 15.9 Å². The lowest BCUT2D eigenvalue weighted by atomic mass is 10.0. The van der Waals surface area contributed by atoms with E-state index in [1.54, 1.807) is 17.0 Å². The number of nitrogens with one attached hydrogen (secondary N) is 1. The third-order valence-corrected chi connectivity index (χ3v) is 5.14. The monoisotopic (exact) mass is 386 g/mol. The van der Waals surface area contributed by atoms with Crippen molar-refractivity contribution in [3.8, 4) is 16.9 Å². The lowest BCUT2D eigenvalue weighted by Crippen LogP contribution is -2.39. The Balaban J connectivity index is 1.49. The third-order valence-electron chi connectivity index (χ3n) is 5.14. The van der Waals surface area contributed by atoms with Gasteiger partial charge in [0.1, 0.15) is 5.75 Å². The van der Waals surface area contributed by atoms with Gasteiger partial charge in [0.2, 0.25) is 5.91 Å². The first-order valence-corrected chi connectivity index (χ1v) is 9.57. The number of hydrogen-bond donors (Lipinski definition) is 1. The van der Waals surface area contributed by atoms with Crippen LogP contribution in [0.5, 0.6) is 5.75 Å². The number of fused-ring (bicyclic) bond motifs is 1. The normalized spacial score (nSPS) is 12.4. The summed E-state index contributed by atoms with van der Waals surface area (Å²) in [5.41, 5.74) is 4.41. The van der Waals surface area contributed by atoms with Gasteiger partial charge in [-0.15, -0.1) is 0 Å². The summed E-state index contributed by atoms with van der Waals surface area (Å²) in [7, 11) is 1.53. The van der Waals surface area contributed by atoms with Crippen LogP contribution in [0.25, 0.3) is 11.1 Å². The molecule has 4 rings (SSSR count). The second-order valence-electron chi connectivity index (χ2n) is 6.89. The topological polar surface area (TPSA) is 58.6 Å². The van der Waals surface area contributed by atoms with Crippen LogP contribution in [0.3, 0.4) is 0 Å². The molecule has 1 aliphatic heterocycles. The zero-order chi connectivity index (χ0) is 20.2. The second kappa shape index (κ2) is 8.19. The summed E-state index contributed by atoms with van der Waals surface area (Å²) in [6, 6.07) is 23.2. The van der Waals surface area contributed by atoms with Crippen LogP contribution in [-0.2, 0) is 11.2 Å². The van der Waals surface area contributed by atoms with Gasteiger partial charge in [-0.2, -0.15) is 0 Å². The molecule has 0 aliphatic carbocycles. The van der Waals surface area contributed by atoms with Crippen molar-refractivity contribution in [1.82, 2.24) is 5.32 Å². The predicted octanol–water partition coefficient (Wildman–Crippen LogP) is 3.68. The maximum absolute atomic E-state index is 12.8. The molecule has 0 saturated carbocycles. The van der Waals surface area contributed by atoms with E-state index in [1.807, 2.05) is 60.7 Å². The predicted molar refractivity (Wildman–Crippen MR) is 113 cm³/mol. The van der Waals surface area contributed by atoms with Crippen LogP contribution in [-0.4, -0.2) is 32.0 Å². The lowest BCUT2D eigenvalue weighted by molar-refractivity contribution is -0.117. The highest BCUT2D eigenvalue weighted by Gasteiger charge is 2.24. The highest BCUT2D eigenvalue weighted by molar-refractivity contribution is 6.03. The zero-order valence-electron chi connectivity index (χ0n) is 16.2. The van der Waals surface area contributed by atoms with Crippen LogP contribution >= 0.6 is 0 Å². The molecule has 0 fully saturated rings. The minimum absolute atomic E-state index is 0.0636. The first kappa shape index (κ1) is 18.7. The molecule has 3 aromatic carbocycles. The van der Waals surface area contributed by atoms with Gasteiger partial charge in [0.05, 0.1) is 19.2 Å². The molecule has 2 amide bonds. The summed E-state index contributed by atoms with van der Waals surface area (Å²) in [5, 5.41) is 2.75. The van der Waals surface area contributed by atoms with Gasteiger partial charge in [0, 0.05) is 12.2 Å². The van der Waals surface area contributed by atoms with Gasteiger partial charge >= 0.3 is 0 Å². The van der Waals surface area contributed by atoms with Gasteiger partial charge in [-0.1, -0.05) is 54.6 Å². The SMILES string of the molecule is COc1ccc(-c2ccccc2)cc1C(=O)NCC(=O)N1CCc2ccccc21. The van der Waals surface area contributed by atoms with E-state index in [0.717, 1.165) is 28.8 Å². The van der Waals surface area contributed by atoms with E-state index in [-0.39, 0.29) is 18.4 Å². The average molecular weight is 386 g/mol. The molecule has 0 bridgehead atoms. The number of rotatable bonds is 5. The van der Waals surface area contributed by atoms with E-state index < -0.39 is 0 Å². The molecule has 1 heterocycles. The Kier molecular flexibility index (Phi) is 5.29. The van der Waals surface area contributed by atoms with E-state index in [9.17, 15) is 9.59 Å². The Morgan fingerprint density at radius 1 is 0.966 bits per heavy atom. The molecular formula is C24H22N2O3. The molecule has 0 radical (unpaired) electrons. The number of para-hydroxylation sites is 1. The number of anilines is 1. The molecule has 1 N–H and O–H groups in total. The molecule has 0 spiro atoms. The minimum Gasteiger partial charge on any atom is -0.496 e. The van der Waals surface area contributed by atoms with Gasteiger partial charge < -0.3 is 15.0 Å². The van der Waals surface area contributed by atoms with Crippen molar-refractivity contribution in [3.05, 3.63) is 83.9 Å². The summed E-state index contributed by atoms with van der Waals surface area (Å²) in [4.78, 5) is 27.2. The summed E-state index contributed by atoms with van der Waals surface area (Å²) in [5.74, 6) is 0.0168. The summed E-state index contributed by atoms with van der Waals surface area (Å²) in [6.07, 6.45) is 0.836. The molecular weight excluding hydrogens is 364 g/mol. The second-order valence-corrected chi connectivity index (χ2v) is 6.89. The molecule has 5 heteroatoms. The fourth-order valence-corrected chi connectivity index (χ4v) is 3.64. The Hall–Kier alpha value is -3.60. The quantitative estimate of drug-likeness (QED) is 0.728. The molecule has 0 saturated heterocycles. The van der Waals surface area contributed by atoms with Crippen molar-refractivity contribution in [2.45, 2.75) is 6.42 Å². The number of hydrogen-bond acceptors (Lipinski definition) is 3. The highest BCUT2D eigenvalue weighted by atomic mass is 16.5. The van der Waals surface area contributed by atoms with E-state index in [4.69, 9.17) is 4.74 Å². The van der Waals surface area contributed by atoms with E-state index >= 15 is 0 Å². The fraction of sp³-hybridized carbons (Fsp3) is 0.167. The summed E-state index contributed by atoms with van der Waals surface area (Å²) >= 11 is 0. The molecule has 146 valence electrons. The zero-order valence-corrected chi connectivity index (χ0v) is 16.2. The van der Waals surface area contributed by atoms with Crippen LogP contribution in [0, 0.1) is 0 Å². The molecule has 0 unspecified atom stereocenters. The Morgan fingerprint density at radius 3 is 2.52 bits per heavy atom. The largest absolute Gasteiger partial charge is 0.496 e. The average Bonchev–Trinajstić information content (AvgIpc) is 3.21. The van der Waals surface area contributed by atoms with Gasteiger partial charge in [-0.25, -0.2) is 0 Å². The number of ether oxygens (including phenoxy) is 1. The maximum Gasteiger partial charge on any atom is 0.255 e. The Labute approximate surface area is 169 Å². The van der Waals surface area contributed by atoms with E-state index in [0.29, 0.717) is 17.9 Å². The highest BCUT2D eigenvalue weighted by Crippen LogP contribution is 2.28. The Bertz CT molecular complexity index is 1050. The third kappa shape index (κ3) is 3.85. The number of benzene rings is 3. The summed E-state index contributed by atoms with van der Waals surface area (Å²) < 4.78 is 5.35. The Morgan fingerprint density at radius 2 is 1.72 bits per heavy atom. The number of amides is 2. The van der Waals surface area contributed by atoms with Crippen LogP contribution in [0.2, 0.25) is 0 Å². The van der Waals surface area contributed by atoms with Crippen molar-refractivity contribution in [3.63, 3.8) is 0 Å². The van der Waals surface area contributed by atoms with Gasteiger partial charge in [0.15, 0.2) is 0 Å². The van der Waals surface area contributed by atoms with Crippen LogP contribution in [0.15, 0.2) is 72.8 Å². The van der Waals surface area contributed by atoms with Crippen molar-refractivity contribution in [2.75, 3.05) is 25.1 Å². The molecule has 3 aromatic rings. The number of nitrogens with zero attached hydrogens (tertiary/aromatic N) is 1. The van der Waals surface area contributed by atoms with Crippen LogP contribution < -0.4 is 15.0 Å². The van der Waals surface area contributed by atoms with Gasteiger partial charge in [0.25, 0.3) is 5.91 Å². The number of carbonyl (C=O) groups excluding carboxylic acids is 2. The summed E-state index contributed by atoms with van der Waals surface area (Å²) in [6.45, 7) is 0.576.